The topological polar surface area (TPSA) is 96.0 Å². The second kappa shape index (κ2) is 14.6. The van der Waals surface area contributed by atoms with Gasteiger partial charge < -0.3 is 15.0 Å². The maximum absolute atomic E-state index is 14.2. The van der Waals surface area contributed by atoms with Gasteiger partial charge in [-0.25, -0.2) is 8.42 Å². The summed E-state index contributed by atoms with van der Waals surface area (Å²) >= 11 is 6.30. The number of sulfonamides is 1. The largest absolute Gasteiger partial charge is 0.497 e. The Morgan fingerprint density at radius 2 is 1.62 bits per heavy atom. The number of methoxy groups -OCH3 is 1. The molecule has 0 aliphatic rings. The average molecular weight is 614 g/mol. The Bertz CT molecular complexity index is 1470. The van der Waals surface area contributed by atoms with Crippen LogP contribution in [0.1, 0.15) is 43.9 Å². The number of hydrogen-bond acceptors (Lipinski definition) is 5. The van der Waals surface area contributed by atoms with Crippen LogP contribution in [0.25, 0.3) is 0 Å². The summed E-state index contributed by atoms with van der Waals surface area (Å²) in [5.74, 6) is 0.0654. The quantitative estimate of drug-likeness (QED) is 0.265. The highest BCUT2D eigenvalue weighted by molar-refractivity contribution is 7.92. The molecular formula is C32H40ClN3O5S. The summed E-state index contributed by atoms with van der Waals surface area (Å²) in [6, 6.07) is 17.8. The Kier molecular flexibility index (Phi) is 11.4. The maximum Gasteiger partial charge on any atom is 0.264 e. The molecule has 0 unspecified atom stereocenters. The Hall–Kier alpha value is -3.56. The van der Waals surface area contributed by atoms with Crippen molar-refractivity contribution in [2.75, 3.05) is 24.5 Å². The molecule has 2 amide bonds. The van der Waals surface area contributed by atoms with Crippen LogP contribution in [-0.2, 0) is 26.2 Å². The predicted octanol–water partition coefficient (Wildman–Crippen LogP) is 5.74. The second-order valence-corrected chi connectivity index (χ2v) is 13.0. The number of benzene rings is 3. The second-order valence-electron chi connectivity index (χ2n) is 10.7. The zero-order valence-electron chi connectivity index (χ0n) is 25.1. The van der Waals surface area contributed by atoms with Crippen LogP contribution in [-0.4, -0.2) is 51.4 Å². The molecule has 0 aromatic heterocycles. The van der Waals surface area contributed by atoms with Crippen LogP contribution < -0.4 is 14.4 Å². The van der Waals surface area contributed by atoms with E-state index >= 15 is 0 Å². The fraction of sp³-hybridized carbons (Fsp3) is 0.375. The van der Waals surface area contributed by atoms with Crippen LogP contribution in [0.3, 0.4) is 0 Å². The van der Waals surface area contributed by atoms with E-state index in [2.05, 4.69) is 5.32 Å². The summed E-state index contributed by atoms with van der Waals surface area (Å²) in [7, 11) is -2.62. The lowest BCUT2D eigenvalue weighted by molar-refractivity contribution is -0.140. The Morgan fingerprint density at radius 3 is 2.19 bits per heavy atom. The minimum Gasteiger partial charge on any atom is -0.497 e. The Balaban J connectivity index is 2.08. The van der Waals surface area contributed by atoms with E-state index in [1.54, 1.807) is 50.4 Å². The minimum atomic E-state index is -4.18. The van der Waals surface area contributed by atoms with Gasteiger partial charge >= 0.3 is 0 Å². The molecule has 0 fully saturated rings. The molecule has 8 nitrogen and oxygen atoms in total. The van der Waals surface area contributed by atoms with Gasteiger partial charge in [-0.1, -0.05) is 68.3 Å². The first-order chi connectivity index (χ1) is 19.9. The highest BCUT2D eigenvalue weighted by Crippen LogP contribution is 2.30. The van der Waals surface area contributed by atoms with Crippen molar-refractivity contribution in [2.24, 2.45) is 5.92 Å². The summed E-state index contributed by atoms with van der Waals surface area (Å²) in [6.45, 7) is 9.46. The molecule has 0 aliphatic heterocycles. The van der Waals surface area contributed by atoms with E-state index in [0.717, 1.165) is 15.4 Å². The van der Waals surface area contributed by atoms with E-state index in [-0.39, 0.29) is 29.0 Å². The highest BCUT2D eigenvalue weighted by atomic mass is 35.5. The summed E-state index contributed by atoms with van der Waals surface area (Å²) in [6.07, 6.45) is 0.340. The van der Waals surface area contributed by atoms with Gasteiger partial charge in [0.05, 0.1) is 17.7 Å². The zero-order valence-corrected chi connectivity index (χ0v) is 26.6. The van der Waals surface area contributed by atoms with Crippen molar-refractivity contribution in [1.29, 1.82) is 0 Å². The maximum atomic E-state index is 14.2. The number of nitrogens with zero attached hydrogens (tertiary/aromatic N) is 2. The summed E-state index contributed by atoms with van der Waals surface area (Å²) < 4.78 is 34.5. The van der Waals surface area contributed by atoms with Crippen LogP contribution in [0, 0.1) is 19.8 Å². The number of halogens is 1. The monoisotopic (exact) mass is 613 g/mol. The number of hydrogen-bond donors (Lipinski definition) is 1. The number of carbonyl (C=O) groups excluding carboxylic acids is 2. The lowest BCUT2D eigenvalue weighted by atomic mass is 10.1. The van der Waals surface area contributed by atoms with Gasteiger partial charge in [0, 0.05) is 18.1 Å². The van der Waals surface area contributed by atoms with E-state index in [0.29, 0.717) is 29.3 Å². The average Bonchev–Trinajstić information content (AvgIpc) is 2.96. The molecule has 1 N–H and O–H groups in total. The molecular weight excluding hydrogens is 574 g/mol. The zero-order chi connectivity index (χ0) is 31.0. The fourth-order valence-electron chi connectivity index (χ4n) is 4.47. The van der Waals surface area contributed by atoms with Crippen molar-refractivity contribution < 1.29 is 22.7 Å². The van der Waals surface area contributed by atoms with Crippen molar-refractivity contribution in [1.82, 2.24) is 10.2 Å². The first-order valence-electron chi connectivity index (χ1n) is 13.9. The van der Waals surface area contributed by atoms with Gasteiger partial charge in [-0.3, -0.25) is 13.9 Å². The molecule has 1 atom stereocenters. The van der Waals surface area contributed by atoms with Crippen molar-refractivity contribution in [3.05, 3.63) is 88.4 Å². The number of amides is 2. The van der Waals surface area contributed by atoms with Crippen molar-refractivity contribution in [3.63, 3.8) is 0 Å². The predicted molar refractivity (Wildman–Crippen MR) is 167 cm³/mol. The summed E-state index contributed by atoms with van der Waals surface area (Å²) in [4.78, 5) is 29.1. The van der Waals surface area contributed by atoms with Gasteiger partial charge in [-0.2, -0.15) is 0 Å². The fourth-order valence-corrected chi connectivity index (χ4v) is 6.11. The highest BCUT2D eigenvalue weighted by Gasteiger charge is 2.34. The molecule has 10 heteroatoms. The lowest BCUT2D eigenvalue weighted by Gasteiger charge is -2.33. The van der Waals surface area contributed by atoms with Crippen LogP contribution in [0.2, 0.25) is 5.02 Å². The number of ether oxygens (including phenoxy) is 1. The standard InChI is InChI=1S/C32H40ClN3O5S/c1-7-29(32(38)34-19-22(2)3)35(20-25-11-14-27(41-6)15-12-25)31(37)21-36(30-18-26(33)13-10-24(30)5)42(39,40)28-16-8-23(4)9-17-28/h8-18,22,29H,7,19-21H2,1-6H3,(H,34,38)/t29-/m1/s1. The van der Waals surface area contributed by atoms with Crippen LogP contribution in [0.4, 0.5) is 5.69 Å². The van der Waals surface area contributed by atoms with Gasteiger partial charge in [-0.15, -0.1) is 0 Å². The molecule has 3 rings (SSSR count). The smallest absolute Gasteiger partial charge is 0.264 e. The summed E-state index contributed by atoms with van der Waals surface area (Å²) in [5.41, 5.74) is 2.59. The molecule has 3 aromatic carbocycles. The summed E-state index contributed by atoms with van der Waals surface area (Å²) in [5, 5.41) is 3.27. The van der Waals surface area contributed by atoms with E-state index in [1.165, 1.54) is 23.1 Å². The first kappa shape index (κ1) is 32.9. The molecule has 0 saturated carbocycles. The molecule has 226 valence electrons. The third-order valence-electron chi connectivity index (χ3n) is 6.91. The van der Waals surface area contributed by atoms with E-state index < -0.39 is 28.5 Å². The third kappa shape index (κ3) is 8.26. The molecule has 0 heterocycles. The lowest BCUT2D eigenvalue weighted by Crippen LogP contribution is -2.52. The Morgan fingerprint density at radius 1 is 0.976 bits per heavy atom. The minimum absolute atomic E-state index is 0.0451. The number of aryl methyl sites for hydroxylation is 2. The van der Waals surface area contributed by atoms with Crippen LogP contribution >= 0.6 is 11.6 Å². The van der Waals surface area contributed by atoms with Gasteiger partial charge in [0.1, 0.15) is 18.3 Å². The molecule has 0 aliphatic carbocycles. The van der Waals surface area contributed by atoms with Crippen molar-refractivity contribution in [3.8, 4) is 5.75 Å². The van der Waals surface area contributed by atoms with E-state index in [1.807, 2.05) is 39.8 Å². The SMILES string of the molecule is CC[C@H](C(=O)NCC(C)C)N(Cc1ccc(OC)cc1)C(=O)CN(c1cc(Cl)ccc1C)S(=O)(=O)c1ccc(C)cc1. The van der Waals surface area contributed by atoms with Gasteiger partial charge in [0.25, 0.3) is 10.0 Å². The third-order valence-corrected chi connectivity index (χ3v) is 8.92. The van der Waals surface area contributed by atoms with E-state index in [4.69, 9.17) is 16.3 Å². The molecule has 42 heavy (non-hydrogen) atoms. The van der Waals surface area contributed by atoms with Crippen LogP contribution in [0.5, 0.6) is 5.75 Å². The van der Waals surface area contributed by atoms with Gasteiger partial charge in [0.15, 0.2) is 0 Å². The molecule has 0 saturated heterocycles. The number of carbonyl (C=O) groups is 2. The molecule has 0 spiro atoms. The first-order valence-corrected chi connectivity index (χ1v) is 15.7. The number of nitrogens with one attached hydrogen (secondary N) is 1. The van der Waals surface area contributed by atoms with Gasteiger partial charge in [0.2, 0.25) is 11.8 Å². The molecule has 0 radical (unpaired) electrons. The number of rotatable bonds is 13. The van der Waals surface area contributed by atoms with E-state index in [9.17, 15) is 18.0 Å². The van der Waals surface area contributed by atoms with Gasteiger partial charge in [-0.05, 0) is 73.7 Å². The molecule has 0 bridgehead atoms. The Labute approximate surface area is 254 Å². The normalized spacial score (nSPS) is 12.1. The van der Waals surface area contributed by atoms with Crippen molar-refractivity contribution in [2.45, 2.75) is 58.5 Å². The molecule has 3 aromatic rings. The number of anilines is 1. The van der Waals surface area contributed by atoms with Crippen molar-refractivity contribution >= 4 is 39.1 Å². The van der Waals surface area contributed by atoms with Crippen LogP contribution in [0.15, 0.2) is 71.6 Å².